The second-order valence-corrected chi connectivity index (χ2v) is 4.44. The number of hydrogen-bond acceptors (Lipinski definition) is 3. The van der Waals surface area contributed by atoms with E-state index in [4.69, 9.17) is 5.73 Å². The summed E-state index contributed by atoms with van der Waals surface area (Å²) in [5, 5.41) is 0. The van der Waals surface area contributed by atoms with Crippen LogP contribution in [0.25, 0.3) is 0 Å². The third kappa shape index (κ3) is 3.51. The van der Waals surface area contributed by atoms with Crippen LogP contribution in [0.1, 0.15) is 32.2 Å². The Morgan fingerprint density at radius 3 is 2.38 bits per heavy atom. The molecule has 0 spiro atoms. The highest BCUT2D eigenvalue weighted by Gasteiger charge is 2.12. The van der Waals surface area contributed by atoms with Crippen molar-refractivity contribution in [2.24, 2.45) is 11.1 Å². The highest BCUT2D eigenvalue weighted by atomic mass is 14.8. The molecule has 0 aliphatic carbocycles. The van der Waals surface area contributed by atoms with Crippen LogP contribution in [0.3, 0.4) is 0 Å². The fourth-order valence-electron chi connectivity index (χ4n) is 1.20. The second-order valence-electron chi connectivity index (χ2n) is 4.44. The van der Waals surface area contributed by atoms with Crippen LogP contribution in [-0.4, -0.2) is 9.97 Å². The van der Waals surface area contributed by atoms with Crippen LogP contribution in [0.5, 0.6) is 0 Å². The Morgan fingerprint density at radius 1 is 1.23 bits per heavy atom. The van der Waals surface area contributed by atoms with Gasteiger partial charge in [0.2, 0.25) is 0 Å². The van der Waals surface area contributed by atoms with E-state index in [0.29, 0.717) is 6.54 Å². The molecule has 0 atom stereocenters. The first-order chi connectivity index (χ1) is 6.01. The van der Waals surface area contributed by atoms with Gasteiger partial charge < -0.3 is 5.73 Å². The highest BCUT2D eigenvalue weighted by molar-refractivity contribution is 5.09. The average molecular weight is 179 g/mol. The predicted molar refractivity (Wildman–Crippen MR) is 53.1 cm³/mol. The van der Waals surface area contributed by atoms with E-state index < -0.39 is 0 Å². The van der Waals surface area contributed by atoms with Crippen molar-refractivity contribution in [1.82, 2.24) is 9.97 Å². The lowest BCUT2D eigenvalue weighted by Gasteiger charge is -2.17. The second kappa shape index (κ2) is 3.83. The summed E-state index contributed by atoms with van der Waals surface area (Å²) in [7, 11) is 0. The average Bonchev–Trinajstić information content (AvgIpc) is 2.01. The number of nitrogens with two attached hydrogens (primary N) is 1. The molecule has 0 aromatic carbocycles. The molecule has 0 aliphatic rings. The summed E-state index contributed by atoms with van der Waals surface area (Å²) >= 11 is 0. The SMILES string of the molecule is CC(C)(C)Cc1cc(CN)ncn1. The Balaban J connectivity index is 2.78. The van der Waals surface area contributed by atoms with Crippen LogP contribution in [0.15, 0.2) is 12.4 Å². The van der Waals surface area contributed by atoms with Gasteiger partial charge in [-0.1, -0.05) is 20.8 Å². The molecule has 13 heavy (non-hydrogen) atoms. The van der Waals surface area contributed by atoms with E-state index in [0.717, 1.165) is 17.8 Å². The summed E-state index contributed by atoms with van der Waals surface area (Å²) in [5.41, 5.74) is 7.74. The lowest BCUT2D eigenvalue weighted by Crippen LogP contribution is -2.11. The summed E-state index contributed by atoms with van der Waals surface area (Å²) in [6.45, 7) is 7.06. The number of aromatic nitrogens is 2. The summed E-state index contributed by atoms with van der Waals surface area (Å²) < 4.78 is 0. The van der Waals surface area contributed by atoms with Gasteiger partial charge in [-0.25, -0.2) is 9.97 Å². The Morgan fingerprint density at radius 2 is 1.85 bits per heavy atom. The standard InChI is InChI=1S/C10H17N3/c1-10(2,3)5-8-4-9(6-11)13-7-12-8/h4,7H,5-6,11H2,1-3H3. The zero-order valence-electron chi connectivity index (χ0n) is 8.54. The normalized spacial score (nSPS) is 11.7. The Hall–Kier alpha value is -0.960. The van der Waals surface area contributed by atoms with Crippen molar-refractivity contribution in [2.75, 3.05) is 0 Å². The van der Waals surface area contributed by atoms with Crippen LogP contribution in [0.2, 0.25) is 0 Å². The first-order valence-corrected chi connectivity index (χ1v) is 4.51. The summed E-state index contributed by atoms with van der Waals surface area (Å²) in [6.07, 6.45) is 2.55. The van der Waals surface area contributed by atoms with E-state index in [9.17, 15) is 0 Å². The van der Waals surface area contributed by atoms with Gasteiger partial charge in [0, 0.05) is 12.2 Å². The number of hydrogen-bond donors (Lipinski definition) is 1. The van der Waals surface area contributed by atoms with Gasteiger partial charge in [0.05, 0.1) is 5.69 Å². The summed E-state index contributed by atoms with van der Waals surface area (Å²) in [4.78, 5) is 8.26. The molecular formula is C10H17N3. The molecule has 0 saturated carbocycles. The first-order valence-electron chi connectivity index (χ1n) is 4.51. The fourth-order valence-corrected chi connectivity index (χ4v) is 1.20. The maximum absolute atomic E-state index is 5.49. The maximum atomic E-state index is 5.49. The quantitative estimate of drug-likeness (QED) is 0.749. The van der Waals surface area contributed by atoms with Crippen molar-refractivity contribution < 1.29 is 0 Å². The largest absolute Gasteiger partial charge is 0.325 e. The van der Waals surface area contributed by atoms with Crippen LogP contribution < -0.4 is 5.73 Å². The van der Waals surface area contributed by atoms with Crippen LogP contribution >= 0.6 is 0 Å². The van der Waals surface area contributed by atoms with E-state index >= 15 is 0 Å². The zero-order chi connectivity index (χ0) is 9.90. The minimum atomic E-state index is 0.264. The monoisotopic (exact) mass is 179 g/mol. The van der Waals surface area contributed by atoms with Crippen molar-refractivity contribution in [3.63, 3.8) is 0 Å². The molecular weight excluding hydrogens is 162 g/mol. The first kappa shape index (κ1) is 10.1. The van der Waals surface area contributed by atoms with Crippen molar-refractivity contribution in [3.05, 3.63) is 23.8 Å². The topological polar surface area (TPSA) is 51.8 Å². The van der Waals surface area contributed by atoms with Gasteiger partial charge in [0.15, 0.2) is 0 Å². The molecule has 0 saturated heterocycles. The van der Waals surface area contributed by atoms with E-state index in [2.05, 4.69) is 30.7 Å². The van der Waals surface area contributed by atoms with Gasteiger partial charge in [-0.15, -0.1) is 0 Å². The molecule has 1 heterocycles. The molecule has 1 rings (SSSR count). The predicted octanol–water partition coefficient (Wildman–Crippen LogP) is 1.52. The molecule has 0 radical (unpaired) electrons. The van der Waals surface area contributed by atoms with E-state index in [1.165, 1.54) is 0 Å². The lowest BCUT2D eigenvalue weighted by molar-refractivity contribution is 0.406. The third-order valence-corrected chi connectivity index (χ3v) is 1.70. The molecule has 0 bridgehead atoms. The molecule has 72 valence electrons. The molecule has 3 heteroatoms. The van der Waals surface area contributed by atoms with E-state index in [1.54, 1.807) is 6.33 Å². The lowest BCUT2D eigenvalue weighted by atomic mass is 9.90. The Kier molecular flexibility index (Phi) is 2.98. The highest BCUT2D eigenvalue weighted by Crippen LogP contribution is 2.18. The zero-order valence-corrected chi connectivity index (χ0v) is 8.54. The van der Waals surface area contributed by atoms with Crippen molar-refractivity contribution in [2.45, 2.75) is 33.7 Å². The molecule has 0 amide bonds. The molecule has 0 aliphatic heterocycles. The number of nitrogens with zero attached hydrogens (tertiary/aromatic N) is 2. The minimum absolute atomic E-state index is 0.264. The van der Waals surface area contributed by atoms with Crippen LogP contribution in [0.4, 0.5) is 0 Å². The molecule has 0 fully saturated rings. The molecule has 1 aromatic rings. The minimum Gasteiger partial charge on any atom is -0.325 e. The maximum Gasteiger partial charge on any atom is 0.115 e. The molecule has 3 nitrogen and oxygen atoms in total. The van der Waals surface area contributed by atoms with Crippen LogP contribution in [0, 0.1) is 5.41 Å². The smallest absolute Gasteiger partial charge is 0.115 e. The van der Waals surface area contributed by atoms with Gasteiger partial charge in [-0.05, 0) is 17.9 Å². The Bertz CT molecular complexity index is 276. The van der Waals surface area contributed by atoms with Gasteiger partial charge >= 0.3 is 0 Å². The van der Waals surface area contributed by atoms with Gasteiger partial charge in [-0.3, -0.25) is 0 Å². The third-order valence-electron chi connectivity index (χ3n) is 1.70. The van der Waals surface area contributed by atoms with Gasteiger partial charge in [-0.2, -0.15) is 0 Å². The van der Waals surface area contributed by atoms with Gasteiger partial charge in [0.25, 0.3) is 0 Å². The summed E-state index contributed by atoms with van der Waals surface area (Å²) in [5.74, 6) is 0. The van der Waals surface area contributed by atoms with Crippen molar-refractivity contribution in [3.8, 4) is 0 Å². The molecule has 0 unspecified atom stereocenters. The van der Waals surface area contributed by atoms with E-state index in [-0.39, 0.29) is 5.41 Å². The molecule has 2 N–H and O–H groups in total. The summed E-state index contributed by atoms with van der Waals surface area (Å²) in [6, 6.07) is 1.98. The van der Waals surface area contributed by atoms with E-state index in [1.807, 2.05) is 6.07 Å². The fraction of sp³-hybridized carbons (Fsp3) is 0.600. The van der Waals surface area contributed by atoms with Crippen LogP contribution in [-0.2, 0) is 13.0 Å². The number of rotatable bonds is 2. The van der Waals surface area contributed by atoms with Gasteiger partial charge in [0.1, 0.15) is 6.33 Å². The Labute approximate surface area is 79.4 Å². The molecule has 1 aromatic heterocycles. The van der Waals surface area contributed by atoms with Crippen molar-refractivity contribution in [1.29, 1.82) is 0 Å². The van der Waals surface area contributed by atoms with Crippen molar-refractivity contribution >= 4 is 0 Å².